The molecular formula is C19H14F8O. The van der Waals surface area contributed by atoms with Gasteiger partial charge in [-0.15, -0.1) is 0 Å². The fraction of sp³-hybridized carbons (Fsp3) is 0.316. The smallest absolute Gasteiger partial charge is 0.300 e. The molecule has 0 aliphatic carbocycles. The maximum Gasteiger partial charge on any atom is 0.419 e. The Hall–Kier alpha value is -2.45. The van der Waals surface area contributed by atoms with Gasteiger partial charge in [0.2, 0.25) is 0 Å². The Labute approximate surface area is 155 Å². The Bertz CT molecular complexity index is 782. The fourth-order valence-electron chi connectivity index (χ4n) is 2.58. The van der Waals surface area contributed by atoms with Crippen LogP contribution in [-0.4, -0.2) is 5.78 Å². The lowest BCUT2D eigenvalue weighted by atomic mass is 10.00. The molecule has 0 N–H and O–H groups in total. The minimum Gasteiger partial charge on any atom is -0.300 e. The van der Waals surface area contributed by atoms with Crippen molar-refractivity contribution >= 4 is 5.78 Å². The van der Waals surface area contributed by atoms with Crippen LogP contribution in [0.15, 0.2) is 36.4 Å². The van der Waals surface area contributed by atoms with Crippen molar-refractivity contribution in [2.24, 2.45) is 0 Å². The largest absolute Gasteiger partial charge is 0.419 e. The highest BCUT2D eigenvalue weighted by Crippen LogP contribution is 2.33. The minimum absolute atomic E-state index is 0.0700. The number of carbonyl (C=O) groups is 1. The van der Waals surface area contributed by atoms with Crippen LogP contribution in [0, 0.1) is 11.6 Å². The predicted octanol–water partition coefficient (Wildman–Crippen LogP) is 6.14. The number of hydrogen-bond donors (Lipinski definition) is 0. The molecule has 9 heteroatoms. The number of aryl methyl sites for hydroxylation is 2. The molecule has 0 radical (unpaired) electrons. The van der Waals surface area contributed by atoms with Gasteiger partial charge in [-0.3, -0.25) is 4.79 Å². The van der Waals surface area contributed by atoms with Crippen LogP contribution in [0.25, 0.3) is 0 Å². The summed E-state index contributed by atoms with van der Waals surface area (Å²) < 4.78 is 102. The predicted molar refractivity (Wildman–Crippen MR) is 84.5 cm³/mol. The Kier molecular flexibility index (Phi) is 6.46. The van der Waals surface area contributed by atoms with Crippen molar-refractivity contribution < 1.29 is 39.9 Å². The van der Waals surface area contributed by atoms with Crippen molar-refractivity contribution in [3.8, 4) is 0 Å². The van der Waals surface area contributed by atoms with Gasteiger partial charge in [0.1, 0.15) is 17.4 Å². The lowest BCUT2D eigenvalue weighted by Gasteiger charge is -2.11. The fourth-order valence-corrected chi connectivity index (χ4v) is 2.58. The van der Waals surface area contributed by atoms with Crippen LogP contribution in [0.1, 0.15) is 35.1 Å². The second-order valence-electron chi connectivity index (χ2n) is 6.16. The van der Waals surface area contributed by atoms with E-state index in [4.69, 9.17) is 0 Å². The summed E-state index contributed by atoms with van der Waals surface area (Å²) in [6.07, 6.45) is -10.2. The van der Waals surface area contributed by atoms with Crippen molar-refractivity contribution in [2.75, 3.05) is 0 Å². The van der Waals surface area contributed by atoms with Crippen molar-refractivity contribution in [1.29, 1.82) is 0 Å². The van der Waals surface area contributed by atoms with Gasteiger partial charge in [-0.25, -0.2) is 8.78 Å². The van der Waals surface area contributed by atoms with Crippen LogP contribution >= 0.6 is 0 Å². The summed E-state index contributed by atoms with van der Waals surface area (Å²) in [5.41, 5.74) is -2.63. The zero-order chi connectivity index (χ0) is 21.1. The molecule has 152 valence electrons. The van der Waals surface area contributed by atoms with Gasteiger partial charge in [-0.2, -0.15) is 26.3 Å². The van der Waals surface area contributed by atoms with E-state index in [1.807, 2.05) is 0 Å². The van der Waals surface area contributed by atoms with Gasteiger partial charge < -0.3 is 0 Å². The van der Waals surface area contributed by atoms with Gasteiger partial charge in [0.15, 0.2) is 0 Å². The molecule has 2 rings (SSSR count). The first kappa shape index (κ1) is 21.8. The summed E-state index contributed by atoms with van der Waals surface area (Å²) in [7, 11) is 0. The summed E-state index contributed by atoms with van der Waals surface area (Å²) in [4.78, 5) is 11.9. The topological polar surface area (TPSA) is 17.1 Å². The Morgan fingerprint density at radius 2 is 1.04 bits per heavy atom. The minimum atomic E-state index is -4.86. The highest BCUT2D eigenvalue weighted by molar-refractivity contribution is 5.78. The summed E-state index contributed by atoms with van der Waals surface area (Å²) in [6.45, 7) is 0. The molecule has 28 heavy (non-hydrogen) atoms. The van der Waals surface area contributed by atoms with E-state index < -0.39 is 40.9 Å². The molecule has 0 aliphatic rings. The van der Waals surface area contributed by atoms with E-state index in [2.05, 4.69) is 0 Å². The highest BCUT2D eigenvalue weighted by atomic mass is 19.4. The number of rotatable bonds is 6. The molecule has 2 aromatic rings. The average Bonchev–Trinajstić information content (AvgIpc) is 2.58. The number of carbonyl (C=O) groups excluding carboxylic acids is 1. The first-order chi connectivity index (χ1) is 12.9. The second kappa shape index (κ2) is 8.28. The molecule has 0 aromatic heterocycles. The molecule has 0 saturated heterocycles. The molecule has 0 bridgehead atoms. The van der Waals surface area contributed by atoms with E-state index in [0.717, 1.165) is 12.1 Å². The summed E-state index contributed by atoms with van der Waals surface area (Å²) in [5, 5.41) is 0. The maximum atomic E-state index is 13.2. The van der Waals surface area contributed by atoms with Gasteiger partial charge >= 0.3 is 12.4 Å². The van der Waals surface area contributed by atoms with Gasteiger partial charge in [0.05, 0.1) is 11.1 Å². The Morgan fingerprint density at radius 3 is 1.36 bits per heavy atom. The number of Topliss-reactive ketones (excluding diaryl/α,β-unsaturated/α-hetero) is 1. The Morgan fingerprint density at radius 1 is 0.679 bits per heavy atom. The number of benzene rings is 2. The van der Waals surface area contributed by atoms with Crippen LogP contribution in [0.4, 0.5) is 35.1 Å². The molecule has 0 heterocycles. The lowest BCUT2D eigenvalue weighted by molar-refractivity contribution is -0.140. The molecule has 0 unspecified atom stereocenters. The number of alkyl halides is 6. The third-order valence-electron chi connectivity index (χ3n) is 4.06. The first-order valence-corrected chi connectivity index (χ1v) is 8.11. The molecule has 0 fully saturated rings. The molecule has 0 atom stereocenters. The standard InChI is InChI=1S/C19H14F8O/c20-16-7-3-11(9-14(16)18(22,23)24)1-5-13(28)6-2-12-4-8-17(21)15(10-12)19(25,26)27/h3-4,7-10H,1-2,5-6H2. The summed E-state index contributed by atoms with van der Waals surface area (Å²) in [6, 6.07) is 4.84. The van der Waals surface area contributed by atoms with Crippen LogP contribution in [0.2, 0.25) is 0 Å². The zero-order valence-corrected chi connectivity index (χ0v) is 14.2. The van der Waals surface area contributed by atoms with Crippen molar-refractivity contribution in [3.05, 3.63) is 70.3 Å². The maximum absolute atomic E-state index is 13.2. The van der Waals surface area contributed by atoms with Crippen molar-refractivity contribution in [1.82, 2.24) is 0 Å². The van der Waals surface area contributed by atoms with Gasteiger partial charge in [0.25, 0.3) is 0 Å². The number of ketones is 1. The average molecular weight is 410 g/mol. The SMILES string of the molecule is O=C(CCc1ccc(F)c(C(F)(F)F)c1)CCc1ccc(F)c(C(F)(F)F)c1. The monoisotopic (exact) mass is 410 g/mol. The van der Waals surface area contributed by atoms with Gasteiger partial charge in [-0.1, -0.05) is 12.1 Å². The molecule has 0 amide bonds. The normalized spacial score (nSPS) is 12.3. The third kappa shape index (κ3) is 5.77. The lowest BCUT2D eigenvalue weighted by Crippen LogP contribution is -2.10. The van der Waals surface area contributed by atoms with Crippen LogP contribution in [0.5, 0.6) is 0 Å². The van der Waals surface area contributed by atoms with Crippen LogP contribution in [-0.2, 0) is 30.0 Å². The van der Waals surface area contributed by atoms with Gasteiger partial charge in [-0.05, 0) is 48.2 Å². The molecule has 0 spiro atoms. The van der Waals surface area contributed by atoms with E-state index in [1.54, 1.807) is 0 Å². The molecule has 1 nitrogen and oxygen atoms in total. The van der Waals surface area contributed by atoms with E-state index in [9.17, 15) is 39.9 Å². The molecule has 0 aliphatic heterocycles. The highest BCUT2D eigenvalue weighted by Gasteiger charge is 2.35. The first-order valence-electron chi connectivity index (χ1n) is 8.11. The second-order valence-corrected chi connectivity index (χ2v) is 6.16. The third-order valence-corrected chi connectivity index (χ3v) is 4.06. The van der Waals surface area contributed by atoms with Crippen molar-refractivity contribution in [3.63, 3.8) is 0 Å². The van der Waals surface area contributed by atoms with E-state index >= 15 is 0 Å². The van der Waals surface area contributed by atoms with Crippen LogP contribution in [0.3, 0.4) is 0 Å². The molecular weight excluding hydrogens is 396 g/mol. The Balaban J connectivity index is 1.96. The molecule has 0 saturated carbocycles. The summed E-state index contributed by atoms with van der Waals surface area (Å²) in [5.74, 6) is -3.23. The van der Waals surface area contributed by atoms with Gasteiger partial charge in [0, 0.05) is 12.8 Å². The van der Waals surface area contributed by atoms with E-state index in [-0.39, 0.29) is 36.8 Å². The number of hydrogen-bond acceptors (Lipinski definition) is 1. The van der Waals surface area contributed by atoms with E-state index in [0.29, 0.717) is 24.3 Å². The quantitative estimate of drug-likeness (QED) is 0.523. The number of halogens is 8. The zero-order valence-electron chi connectivity index (χ0n) is 14.2. The summed E-state index contributed by atoms with van der Waals surface area (Å²) >= 11 is 0. The van der Waals surface area contributed by atoms with E-state index in [1.165, 1.54) is 0 Å². The van der Waals surface area contributed by atoms with Crippen LogP contribution < -0.4 is 0 Å². The molecule has 2 aromatic carbocycles. The van der Waals surface area contributed by atoms with Crippen molar-refractivity contribution in [2.45, 2.75) is 38.0 Å².